The van der Waals surface area contributed by atoms with Gasteiger partial charge in [-0.05, 0) is 43.7 Å². The molecular formula is C13H20N2O2. The summed E-state index contributed by atoms with van der Waals surface area (Å²) in [4.78, 5) is 0. The lowest BCUT2D eigenvalue weighted by Crippen LogP contribution is -2.27. The maximum Gasteiger partial charge on any atom is 0.161 e. The van der Waals surface area contributed by atoms with Gasteiger partial charge in [0.15, 0.2) is 11.5 Å². The number of hydrogen-bond donors (Lipinski definition) is 2. The molecule has 0 aliphatic carbocycles. The fourth-order valence-corrected chi connectivity index (χ4v) is 1.94. The molecule has 4 nitrogen and oxygen atoms in total. The Bertz CT molecular complexity index is 380. The maximum atomic E-state index is 5.59. The molecule has 0 saturated heterocycles. The quantitative estimate of drug-likeness (QED) is 0.593. The third-order valence-corrected chi connectivity index (χ3v) is 2.87. The summed E-state index contributed by atoms with van der Waals surface area (Å²) < 4.78 is 11.1. The smallest absolute Gasteiger partial charge is 0.161 e. The molecule has 17 heavy (non-hydrogen) atoms. The molecule has 0 bridgehead atoms. The van der Waals surface area contributed by atoms with Crippen molar-refractivity contribution in [1.29, 1.82) is 0 Å². The second-order valence-corrected chi connectivity index (χ2v) is 4.20. The largest absolute Gasteiger partial charge is 0.486 e. The van der Waals surface area contributed by atoms with E-state index in [4.69, 9.17) is 9.47 Å². The molecule has 0 atom stereocenters. The number of fused-ring (bicyclic) bond motifs is 1. The lowest BCUT2D eigenvalue weighted by molar-refractivity contribution is 0.171. The van der Waals surface area contributed by atoms with Crippen molar-refractivity contribution < 1.29 is 9.47 Å². The topological polar surface area (TPSA) is 42.5 Å². The summed E-state index contributed by atoms with van der Waals surface area (Å²) >= 11 is 0. The Kier molecular flexibility index (Phi) is 4.23. The Balaban J connectivity index is 2.01. The highest BCUT2D eigenvalue weighted by Crippen LogP contribution is 2.32. The third kappa shape index (κ3) is 3.11. The van der Waals surface area contributed by atoms with Gasteiger partial charge in [-0.2, -0.15) is 0 Å². The number of nitrogens with one attached hydrogen (secondary N) is 2. The predicted molar refractivity (Wildman–Crippen MR) is 67.8 cm³/mol. The molecule has 4 heteroatoms. The highest BCUT2D eigenvalue weighted by atomic mass is 16.6. The zero-order valence-electron chi connectivity index (χ0n) is 10.5. The van der Waals surface area contributed by atoms with E-state index in [-0.39, 0.29) is 0 Å². The van der Waals surface area contributed by atoms with E-state index < -0.39 is 0 Å². The Labute approximate surface area is 102 Å². The minimum Gasteiger partial charge on any atom is -0.486 e. The molecule has 0 aromatic heterocycles. The van der Waals surface area contributed by atoms with Gasteiger partial charge in [-0.1, -0.05) is 0 Å². The van der Waals surface area contributed by atoms with Gasteiger partial charge < -0.3 is 20.1 Å². The summed E-state index contributed by atoms with van der Waals surface area (Å²) in [6, 6.07) is 4.17. The minimum absolute atomic E-state index is 0.646. The van der Waals surface area contributed by atoms with Crippen molar-refractivity contribution in [2.45, 2.75) is 13.3 Å². The normalized spacial score (nSPS) is 13.8. The van der Waals surface area contributed by atoms with Crippen LogP contribution in [0.25, 0.3) is 0 Å². The Hall–Kier alpha value is -1.26. The van der Waals surface area contributed by atoms with Gasteiger partial charge in [0, 0.05) is 13.2 Å². The molecule has 0 saturated carbocycles. The zero-order chi connectivity index (χ0) is 12.1. The van der Waals surface area contributed by atoms with E-state index in [0.717, 1.165) is 31.1 Å². The summed E-state index contributed by atoms with van der Waals surface area (Å²) in [5.41, 5.74) is 2.58. The van der Waals surface area contributed by atoms with Gasteiger partial charge in [-0.15, -0.1) is 0 Å². The first-order valence-corrected chi connectivity index (χ1v) is 6.05. The van der Waals surface area contributed by atoms with Crippen molar-refractivity contribution in [3.63, 3.8) is 0 Å². The third-order valence-electron chi connectivity index (χ3n) is 2.87. The van der Waals surface area contributed by atoms with Crippen LogP contribution in [0.2, 0.25) is 0 Å². The summed E-state index contributed by atoms with van der Waals surface area (Å²) in [7, 11) is 1.93. The molecule has 1 aromatic carbocycles. The van der Waals surface area contributed by atoms with Crippen LogP contribution in [-0.4, -0.2) is 33.5 Å². The van der Waals surface area contributed by atoms with Crippen molar-refractivity contribution in [2.75, 3.05) is 33.5 Å². The molecule has 0 radical (unpaired) electrons. The number of ether oxygens (including phenoxy) is 2. The van der Waals surface area contributed by atoms with E-state index in [0.29, 0.717) is 13.2 Å². The van der Waals surface area contributed by atoms with Crippen LogP contribution in [0.5, 0.6) is 11.5 Å². The van der Waals surface area contributed by atoms with Gasteiger partial charge in [-0.3, -0.25) is 0 Å². The molecule has 1 aromatic rings. The summed E-state index contributed by atoms with van der Waals surface area (Å²) in [6.07, 6.45) is 1.00. The first kappa shape index (κ1) is 12.2. The first-order chi connectivity index (χ1) is 8.31. The molecular weight excluding hydrogens is 216 g/mol. The van der Waals surface area contributed by atoms with Crippen LogP contribution in [0.3, 0.4) is 0 Å². The highest BCUT2D eigenvalue weighted by molar-refractivity contribution is 5.47. The van der Waals surface area contributed by atoms with Crippen molar-refractivity contribution in [2.24, 2.45) is 0 Å². The SMILES string of the molecule is CNCNCCc1cc2c(cc1C)OCCO2. The fourth-order valence-electron chi connectivity index (χ4n) is 1.94. The van der Waals surface area contributed by atoms with Crippen molar-refractivity contribution in [1.82, 2.24) is 10.6 Å². The molecule has 0 unspecified atom stereocenters. The predicted octanol–water partition coefficient (Wildman–Crippen LogP) is 1.08. The van der Waals surface area contributed by atoms with Crippen molar-refractivity contribution in [3.8, 4) is 11.5 Å². The van der Waals surface area contributed by atoms with E-state index in [1.807, 2.05) is 7.05 Å². The summed E-state index contributed by atoms with van der Waals surface area (Å²) in [5.74, 6) is 1.76. The lowest BCUT2D eigenvalue weighted by Gasteiger charge is -2.20. The van der Waals surface area contributed by atoms with Gasteiger partial charge in [0.25, 0.3) is 0 Å². The van der Waals surface area contributed by atoms with Gasteiger partial charge in [-0.25, -0.2) is 0 Å². The Morgan fingerprint density at radius 3 is 2.59 bits per heavy atom. The molecule has 2 rings (SSSR count). The van der Waals surface area contributed by atoms with Crippen molar-refractivity contribution >= 4 is 0 Å². The van der Waals surface area contributed by atoms with Crippen LogP contribution in [0.15, 0.2) is 12.1 Å². The molecule has 1 aliphatic rings. The molecule has 94 valence electrons. The van der Waals surface area contributed by atoms with Gasteiger partial charge in [0.05, 0.1) is 0 Å². The van der Waals surface area contributed by atoms with Gasteiger partial charge in [0.1, 0.15) is 13.2 Å². The maximum absolute atomic E-state index is 5.59. The van der Waals surface area contributed by atoms with E-state index >= 15 is 0 Å². The standard InChI is InChI=1S/C13H20N2O2/c1-10-7-12-13(17-6-5-16-12)8-11(10)3-4-15-9-14-2/h7-8,14-15H,3-6,9H2,1-2H3. The number of aryl methyl sites for hydroxylation is 1. The highest BCUT2D eigenvalue weighted by Gasteiger charge is 2.13. The average Bonchev–Trinajstić information content (AvgIpc) is 2.35. The molecule has 0 spiro atoms. The van der Waals surface area contributed by atoms with Gasteiger partial charge in [0.2, 0.25) is 0 Å². The summed E-state index contributed by atoms with van der Waals surface area (Å²) in [5, 5.41) is 6.37. The Morgan fingerprint density at radius 2 is 1.88 bits per heavy atom. The number of rotatable bonds is 5. The molecule has 0 amide bonds. The fraction of sp³-hybridized carbons (Fsp3) is 0.538. The molecule has 2 N–H and O–H groups in total. The van der Waals surface area contributed by atoms with Crippen LogP contribution in [0.1, 0.15) is 11.1 Å². The van der Waals surface area contributed by atoms with E-state index in [1.54, 1.807) is 0 Å². The van der Waals surface area contributed by atoms with Crippen LogP contribution >= 0.6 is 0 Å². The van der Waals surface area contributed by atoms with Gasteiger partial charge >= 0.3 is 0 Å². The van der Waals surface area contributed by atoms with E-state index in [9.17, 15) is 0 Å². The van der Waals surface area contributed by atoms with Crippen LogP contribution in [-0.2, 0) is 6.42 Å². The monoisotopic (exact) mass is 236 g/mol. The number of hydrogen-bond acceptors (Lipinski definition) is 4. The second-order valence-electron chi connectivity index (χ2n) is 4.20. The number of benzene rings is 1. The average molecular weight is 236 g/mol. The molecule has 0 fully saturated rings. The summed E-state index contributed by atoms with van der Waals surface area (Å²) in [6.45, 7) is 5.21. The van der Waals surface area contributed by atoms with Crippen LogP contribution in [0, 0.1) is 6.92 Å². The van der Waals surface area contributed by atoms with Crippen molar-refractivity contribution in [3.05, 3.63) is 23.3 Å². The second kappa shape index (κ2) is 5.89. The van der Waals surface area contributed by atoms with E-state index in [1.165, 1.54) is 11.1 Å². The van der Waals surface area contributed by atoms with Crippen LogP contribution in [0.4, 0.5) is 0 Å². The lowest BCUT2D eigenvalue weighted by atomic mass is 10.0. The first-order valence-electron chi connectivity index (χ1n) is 6.05. The molecule has 1 aliphatic heterocycles. The molecule has 1 heterocycles. The van der Waals surface area contributed by atoms with E-state index in [2.05, 4.69) is 29.7 Å². The minimum atomic E-state index is 0.646. The van der Waals surface area contributed by atoms with Crippen LogP contribution < -0.4 is 20.1 Å². The zero-order valence-corrected chi connectivity index (χ0v) is 10.5. The Morgan fingerprint density at radius 1 is 1.18 bits per heavy atom.